The van der Waals surface area contributed by atoms with Crippen molar-refractivity contribution in [2.45, 2.75) is 95.3 Å². The molecule has 2 atom stereocenters. The number of para-hydroxylation sites is 1. The van der Waals surface area contributed by atoms with Crippen LogP contribution in [0.15, 0.2) is 24.3 Å². The van der Waals surface area contributed by atoms with Crippen LogP contribution < -0.4 is 4.46 Å². The maximum atomic E-state index is 11.2. The van der Waals surface area contributed by atoms with Gasteiger partial charge in [0.2, 0.25) is 0 Å². The molecular weight excluding hydrogens is 465 g/mol. The average Bonchev–Trinajstić information content (AvgIpc) is 2.59. The molecular formula is C22H37NO5SeSi. The van der Waals surface area contributed by atoms with Gasteiger partial charge in [0.1, 0.15) is 0 Å². The van der Waals surface area contributed by atoms with E-state index in [1.807, 2.05) is 26.0 Å². The van der Waals surface area contributed by atoms with Gasteiger partial charge in [0.15, 0.2) is 0 Å². The molecule has 1 aliphatic heterocycles. The van der Waals surface area contributed by atoms with E-state index in [1.54, 1.807) is 12.1 Å². The molecule has 0 bridgehead atoms. The molecule has 6 nitrogen and oxygen atoms in total. The summed E-state index contributed by atoms with van der Waals surface area (Å²) in [6, 6.07) is 7.05. The summed E-state index contributed by atoms with van der Waals surface area (Å²) in [6.07, 6.45) is 2.82. The van der Waals surface area contributed by atoms with Crippen molar-refractivity contribution in [2.75, 3.05) is 6.61 Å². The van der Waals surface area contributed by atoms with E-state index in [9.17, 15) is 10.1 Å². The molecule has 170 valence electrons. The Morgan fingerprint density at radius 2 is 1.80 bits per heavy atom. The van der Waals surface area contributed by atoms with Crippen LogP contribution in [0.1, 0.15) is 53.9 Å². The molecule has 8 heteroatoms. The third kappa shape index (κ3) is 7.43. The van der Waals surface area contributed by atoms with Crippen molar-refractivity contribution in [2.24, 2.45) is 0 Å². The minimum atomic E-state index is -1.75. The van der Waals surface area contributed by atoms with E-state index in [2.05, 4.69) is 33.9 Å². The summed E-state index contributed by atoms with van der Waals surface area (Å²) in [5.74, 6) is -0.615. The molecule has 1 saturated heterocycles. The van der Waals surface area contributed by atoms with Gasteiger partial charge in [-0.2, -0.15) is 0 Å². The standard InChI is InChI=1S/C22H37NO5SeSi/c1-21(2,3)30(6,7)26-14-12-17-16-18(28-22(4,5)27-17)13-15-29-20-11-9-8-10-19(20)23(24)25/h8-11,17-18H,12-16H2,1-7H3/t17-,18+/m1/s1. The molecule has 2 rings (SSSR count). The van der Waals surface area contributed by atoms with E-state index in [1.165, 1.54) is 0 Å². The number of nitrogens with zero attached hydrogens (tertiary/aromatic N) is 1. The zero-order chi connectivity index (χ0) is 22.6. The predicted octanol–water partition coefficient (Wildman–Crippen LogP) is 5.05. The molecule has 30 heavy (non-hydrogen) atoms. The molecule has 0 amide bonds. The Hall–Kier alpha value is -0.764. The van der Waals surface area contributed by atoms with Crippen LogP contribution in [0.25, 0.3) is 0 Å². The van der Waals surface area contributed by atoms with Crippen LogP contribution in [0.3, 0.4) is 0 Å². The van der Waals surface area contributed by atoms with Crippen molar-refractivity contribution in [3.8, 4) is 0 Å². The second kappa shape index (κ2) is 10.2. The number of nitro benzene ring substituents is 1. The number of hydrogen-bond acceptors (Lipinski definition) is 5. The summed E-state index contributed by atoms with van der Waals surface area (Å²) in [5, 5.41) is 12.3. The Morgan fingerprint density at radius 1 is 1.20 bits per heavy atom. The van der Waals surface area contributed by atoms with Crippen LogP contribution in [0.4, 0.5) is 5.69 Å². The van der Waals surface area contributed by atoms with Crippen molar-refractivity contribution < 1.29 is 18.8 Å². The summed E-state index contributed by atoms with van der Waals surface area (Å²) in [5.41, 5.74) is 0.228. The van der Waals surface area contributed by atoms with Crippen LogP contribution in [0.5, 0.6) is 0 Å². The van der Waals surface area contributed by atoms with Gasteiger partial charge in [-0.1, -0.05) is 0 Å². The molecule has 0 saturated carbocycles. The number of rotatable bonds is 9. The first kappa shape index (κ1) is 25.5. The van der Waals surface area contributed by atoms with Gasteiger partial charge in [0.05, 0.1) is 0 Å². The van der Waals surface area contributed by atoms with Crippen molar-refractivity contribution in [1.82, 2.24) is 0 Å². The number of hydrogen-bond donors (Lipinski definition) is 0. The molecule has 1 aliphatic rings. The molecule has 0 aliphatic carbocycles. The van der Waals surface area contributed by atoms with Crippen LogP contribution in [-0.2, 0) is 13.9 Å². The van der Waals surface area contributed by atoms with Gasteiger partial charge in [0, 0.05) is 0 Å². The zero-order valence-corrected chi connectivity index (χ0v) is 22.1. The Balaban J connectivity index is 1.87. The first-order chi connectivity index (χ1) is 13.8. The van der Waals surface area contributed by atoms with Crippen molar-refractivity contribution in [1.29, 1.82) is 0 Å². The first-order valence-electron chi connectivity index (χ1n) is 10.7. The van der Waals surface area contributed by atoms with E-state index < -0.39 is 14.1 Å². The second-order valence-electron chi connectivity index (χ2n) is 9.87. The molecule has 0 unspecified atom stereocenters. The van der Waals surface area contributed by atoms with E-state index in [0.29, 0.717) is 6.61 Å². The fourth-order valence-corrected chi connectivity index (χ4v) is 6.56. The fraction of sp³-hybridized carbons (Fsp3) is 0.727. The molecule has 0 radical (unpaired) electrons. The topological polar surface area (TPSA) is 70.8 Å². The molecule has 1 heterocycles. The van der Waals surface area contributed by atoms with E-state index in [0.717, 1.165) is 29.0 Å². The Bertz CT molecular complexity index is 720. The first-order valence-corrected chi connectivity index (χ1v) is 15.6. The van der Waals surface area contributed by atoms with Gasteiger partial charge >= 0.3 is 189 Å². The predicted molar refractivity (Wildman–Crippen MR) is 124 cm³/mol. The summed E-state index contributed by atoms with van der Waals surface area (Å²) in [4.78, 5) is 10.9. The fourth-order valence-electron chi connectivity index (χ4n) is 3.27. The molecule has 0 N–H and O–H groups in total. The summed E-state index contributed by atoms with van der Waals surface area (Å²) < 4.78 is 19.5. The molecule has 0 spiro atoms. The quantitative estimate of drug-likeness (QED) is 0.268. The molecule has 0 aromatic heterocycles. The SMILES string of the molecule is CC1(C)O[C@H](CCO[Si](C)(C)C(C)(C)C)C[C@H](CC[Se]c2ccccc2[N+](=O)[O-])O1. The number of ether oxygens (including phenoxy) is 2. The summed E-state index contributed by atoms with van der Waals surface area (Å²) in [6.45, 7) is 15.9. The van der Waals surface area contributed by atoms with Crippen molar-refractivity contribution in [3.63, 3.8) is 0 Å². The van der Waals surface area contributed by atoms with Crippen molar-refractivity contribution in [3.05, 3.63) is 34.4 Å². The van der Waals surface area contributed by atoms with Gasteiger partial charge in [-0.05, 0) is 0 Å². The number of nitro groups is 1. The maximum absolute atomic E-state index is 11.2. The summed E-state index contributed by atoms with van der Waals surface area (Å²) in [7, 11) is -1.75. The Morgan fingerprint density at radius 3 is 2.40 bits per heavy atom. The van der Waals surface area contributed by atoms with Gasteiger partial charge in [-0.3, -0.25) is 0 Å². The van der Waals surface area contributed by atoms with E-state index >= 15 is 0 Å². The van der Waals surface area contributed by atoms with Crippen LogP contribution in [0.2, 0.25) is 23.5 Å². The second-order valence-corrected chi connectivity index (χ2v) is 17.1. The third-order valence-corrected chi connectivity index (χ3v) is 12.7. The van der Waals surface area contributed by atoms with Gasteiger partial charge < -0.3 is 0 Å². The monoisotopic (exact) mass is 503 g/mol. The third-order valence-electron chi connectivity index (χ3n) is 5.90. The van der Waals surface area contributed by atoms with Crippen LogP contribution in [0, 0.1) is 10.1 Å². The van der Waals surface area contributed by atoms with Gasteiger partial charge in [-0.25, -0.2) is 0 Å². The minimum absolute atomic E-state index is 0.0520. The molecule has 1 aromatic rings. The average molecular weight is 503 g/mol. The van der Waals surface area contributed by atoms with E-state index in [-0.39, 0.29) is 42.8 Å². The Labute approximate surface area is 188 Å². The van der Waals surface area contributed by atoms with Gasteiger partial charge in [0.25, 0.3) is 0 Å². The van der Waals surface area contributed by atoms with Crippen molar-refractivity contribution >= 4 is 33.4 Å². The summed E-state index contributed by atoms with van der Waals surface area (Å²) >= 11 is 0.0520. The number of benzene rings is 1. The Kier molecular flexibility index (Phi) is 8.70. The van der Waals surface area contributed by atoms with E-state index in [4.69, 9.17) is 13.9 Å². The van der Waals surface area contributed by atoms with Gasteiger partial charge in [-0.15, -0.1) is 0 Å². The normalized spacial score (nSPS) is 22.1. The molecule has 1 fully saturated rings. The zero-order valence-electron chi connectivity index (χ0n) is 19.4. The van der Waals surface area contributed by atoms with Crippen LogP contribution in [-0.4, -0.2) is 52.8 Å². The van der Waals surface area contributed by atoms with Crippen LogP contribution >= 0.6 is 0 Å². The molecule has 1 aromatic carbocycles.